The predicted molar refractivity (Wildman–Crippen MR) is 58.2 cm³/mol. The van der Waals surface area contributed by atoms with Crippen molar-refractivity contribution >= 4 is 0 Å². The van der Waals surface area contributed by atoms with Gasteiger partial charge in [0, 0.05) is 6.42 Å². The van der Waals surface area contributed by atoms with E-state index >= 15 is 0 Å². The molecule has 6 heteroatoms. The molecule has 0 spiro atoms. The number of hydrogen-bond donors (Lipinski definition) is 1. The van der Waals surface area contributed by atoms with Crippen LogP contribution in [0.2, 0.25) is 0 Å². The Balaban J connectivity index is 2.71. The van der Waals surface area contributed by atoms with Gasteiger partial charge in [0.1, 0.15) is 11.4 Å². The van der Waals surface area contributed by atoms with E-state index < -0.39 is 24.1 Å². The van der Waals surface area contributed by atoms with Gasteiger partial charge >= 0.3 is 6.18 Å². The van der Waals surface area contributed by atoms with Gasteiger partial charge in [0.15, 0.2) is 0 Å². The van der Waals surface area contributed by atoms with Crippen LogP contribution in [0.1, 0.15) is 12.5 Å². The molecular formula is C12H12F4N2. The minimum absolute atomic E-state index is 0.0693. The summed E-state index contributed by atoms with van der Waals surface area (Å²) in [6, 6.07) is 7.11. The molecule has 0 aliphatic rings. The molecule has 1 N–H and O–H groups in total. The summed E-state index contributed by atoms with van der Waals surface area (Å²) in [5.41, 5.74) is -0.747. The van der Waals surface area contributed by atoms with Gasteiger partial charge in [0.05, 0.1) is 12.6 Å². The van der Waals surface area contributed by atoms with Crippen molar-refractivity contribution in [3.63, 3.8) is 0 Å². The Kier molecular flexibility index (Phi) is 4.30. The SMILES string of the molecule is CC(C#N)(Cc1ccc(F)cc1)NCC(F)(F)F. The molecule has 0 amide bonds. The third kappa shape index (κ3) is 4.72. The summed E-state index contributed by atoms with van der Waals surface area (Å²) in [6.45, 7) is 0.139. The van der Waals surface area contributed by atoms with E-state index in [1.54, 1.807) is 0 Å². The van der Waals surface area contributed by atoms with Crippen LogP contribution in [0.3, 0.4) is 0 Å². The number of alkyl halides is 3. The molecule has 0 saturated heterocycles. The predicted octanol–water partition coefficient (Wildman–Crippen LogP) is 2.80. The Labute approximate surface area is 102 Å². The molecule has 1 rings (SSSR count). The second kappa shape index (κ2) is 5.36. The quantitative estimate of drug-likeness (QED) is 0.845. The van der Waals surface area contributed by atoms with Gasteiger partial charge in [-0.25, -0.2) is 4.39 Å². The summed E-state index contributed by atoms with van der Waals surface area (Å²) in [5, 5.41) is 11.1. The van der Waals surface area contributed by atoms with Gasteiger partial charge in [-0.15, -0.1) is 0 Å². The first-order chi connectivity index (χ1) is 8.24. The Morgan fingerprint density at radius 2 is 1.78 bits per heavy atom. The first-order valence-corrected chi connectivity index (χ1v) is 5.22. The number of benzene rings is 1. The standard InChI is InChI=1S/C12H12F4N2/c1-11(7-17,18-8-12(14,15)16)6-9-2-4-10(13)5-3-9/h2-5,18H,6,8H2,1H3. The number of hydrogen-bond acceptors (Lipinski definition) is 2. The smallest absolute Gasteiger partial charge is 0.291 e. The van der Waals surface area contributed by atoms with Gasteiger partial charge in [0.2, 0.25) is 0 Å². The van der Waals surface area contributed by atoms with E-state index in [0.717, 1.165) is 0 Å². The van der Waals surface area contributed by atoms with Crippen LogP contribution in [0.5, 0.6) is 0 Å². The molecule has 0 heterocycles. The lowest BCUT2D eigenvalue weighted by Gasteiger charge is -2.24. The topological polar surface area (TPSA) is 35.8 Å². The van der Waals surface area contributed by atoms with E-state index in [1.165, 1.54) is 31.2 Å². The summed E-state index contributed by atoms with van der Waals surface area (Å²) in [7, 11) is 0. The highest BCUT2D eigenvalue weighted by molar-refractivity contribution is 5.22. The van der Waals surface area contributed by atoms with Gasteiger partial charge in [-0.1, -0.05) is 12.1 Å². The largest absolute Gasteiger partial charge is 0.401 e. The number of nitrogens with zero attached hydrogens (tertiary/aromatic N) is 1. The van der Waals surface area contributed by atoms with E-state index in [-0.39, 0.29) is 6.42 Å². The highest BCUT2D eigenvalue weighted by atomic mass is 19.4. The lowest BCUT2D eigenvalue weighted by molar-refractivity contribution is -0.127. The van der Waals surface area contributed by atoms with E-state index in [9.17, 15) is 17.6 Å². The maximum absolute atomic E-state index is 12.7. The zero-order chi connectivity index (χ0) is 13.8. The molecule has 1 atom stereocenters. The van der Waals surface area contributed by atoms with E-state index in [4.69, 9.17) is 5.26 Å². The molecule has 0 aromatic heterocycles. The average molecular weight is 260 g/mol. The van der Waals surface area contributed by atoms with Crippen molar-refractivity contribution in [3.8, 4) is 6.07 Å². The fourth-order valence-electron chi connectivity index (χ4n) is 1.45. The van der Waals surface area contributed by atoms with Crippen LogP contribution in [0, 0.1) is 17.1 Å². The number of nitriles is 1. The molecule has 2 nitrogen and oxygen atoms in total. The maximum Gasteiger partial charge on any atom is 0.401 e. The number of rotatable bonds is 4. The Bertz CT molecular complexity index is 433. The van der Waals surface area contributed by atoms with Crippen molar-refractivity contribution in [3.05, 3.63) is 35.6 Å². The first-order valence-electron chi connectivity index (χ1n) is 5.22. The van der Waals surface area contributed by atoms with Crippen molar-refractivity contribution < 1.29 is 17.6 Å². The summed E-state index contributed by atoms with van der Waals surface area (Å²) >= 11 is 0. The summed E-state index contributed by atoms with van der Waals surface area (Å²) in [6.07, 6.45) is -4.30. The number of nitrogens with one attached hydrogen (secondary N) is 1. The first kappa shape index (κ1) is 14.5. The average Bonchev–Trinajstić information content (AvgIpc) is 2.29. The van der Waals surface area contributed by atoms with E-state index in [1.807, 2.05) is 6.07 Å². The lowest BCUT2D eigenvalue weighted by atomic mass is 9.94. The minimum atomic E-state index is -4.37. The molecule has 1 aromatic rings. The van der Waals surface area contributed by atoms with Gasteiger partial charge in [-0.3, -0.25) is 5.32 Å². The monoisotopic (exact) mass is 260 g/mol. The van der Waals surface area contributed by atoms with Gasteiger partial charge < -0.3 is 0 Å². The van der Waals surface area contributed by atoms with Crippen LogP contribution < -0.4 is 5.32 Å². The van der Waals surface area contributed by atoms with Crippen LogP contribution >= 0.6 is 0 Å². The van der Waals surface area contributed by atoms with Gasteiger partial charge in [0.25, 0.3) is 0 Å². The van der Waals surface area contributed by atoms with Crippen LogP contribution in [0.4, 0.5) is 17.6 Å². The third-order valence-corrected chi connectivity index (χ3v) is 2.40. The van der Waals surface area contributed by atoms with Crippen LogP contribution in [-0.2, 0) is 6.42 Å². The highest BCUT2D eigenvalue weighted by Crippen LogP contribution is 2.17. The van der Waals surface area contributed by atoms with Crippen LogP contribution in [-0.4, -0.2) is 18.3 Å². The lowest BCUT2D eigenvalue weighted by Crippen LogP contribution is -2.47. The van der Waals surface area contributed by atoms with E-state index in [2.05, 4.69) is 5.32 Å². The Morgan fingerprint density at radius 1 is 1.22 bits per heavy atom. The van der Waals surface area contributed by atoms with Gasteiger partial charge in [-0.2, -0.15) is 18.4 Å². The van der Waals surface area contributed by atoms with Gasteiger partial charge in [-0.05, 0) is 24.6 Å². The molecular weight excluding hydrogens is 248 g/mol. The number of halogens is 4. The zero-order valence-corrected chi connectivity index (χ0v) is 9.68. The summed E-state index contributed by atoms with van der Waals surface area (Å²) in [5.74, 6) is -0.430. The Hall–Kier alpha value is -1.61. The second-order valence-electron chi connectivity index (χ2n) is 4.22. The zero-order valence-electron chi connectivity index (χ0n) is 9.68. The normalized spacial score (nSPS) is 14.9. The van der Waals surface area contributed by atoms with Crippen LogP contribution in [0.25, 0.3) is 0 Å². The molecule has 0 aliphatic heterocycles. The third-order valence-electron chi connectivity index (χ3n) is 2.40. The maximum atomic E-state index is 12.7. The van der Waals surface area contributed by atoms with E-state index in [0.29, 0.717) is 5.56 Å². The highest BCUT2D eigenvalue weighted by Gasteiger charge is 2.32. The Morgan fingerprint density at radius 3 is 2.22 bits per heavy atom. The molecule has 0 radical (unpaired) electrons. The molecule has 0 aliphatic carbocycles. The molecule has 98 valence electrons. The van der Waals surface area contributed by atoms with Crippen molar-refractivity contribution in [2.45, 2.75) is 25.1 Å². The minimum Gasteiger partial charge on any atom is -0.291 e. The van der Waals surface area contributed by atoms with Crippen molar-refractivity contribution in [2.75, 3.05) is 6.54 Å². The molecule has 1 aromatic carbocycles. The molecule has 18 heavy (non-hydrogen) atoms. The molecule has 0 fully saturated rings. The van der Waals surface area contributed by atoms with Crippen molar-refractivity contribution in [2.24, 2.45) is 0 Å². The van der Waals surface area contributed by atoms with Crippen molar-refractivity contribution in [1.82, 2.24) is 5.32 Å². The second-order valence-corrected chi connectivity index (χ2v) is 4.22. The fourth-order valence-corrected chi connectivity index (χ4v) is 1.45. The fraction of sp³-hybridized carbons (Fsp3) is 0.417. The summed E-state index contributed by atoms with van der Waals surface area (Å²) in [4.78, 5) is 0. The molecule has 0 bridgehead atoms. The van der Waals surface area contributed by atoms with Crippen molar-refractivity contribution in [1.29, 1.82) is 5.26 Å². The molecule has 1 unspecified atom stereocenters. The summed E-state index contributed by atoms with van der Waals surface area (Å²) < 4.78 is 49.0. The van der Waals surface area contributed by atoms with Crippen LogP contribution in [0.15, 0.2) is 24.3 Å². The molecule has 0 saturated carbocycles.